The molecule has 1 aromatic rings. The van der Waals surface area contributed by atoms with Crippen molar-refractivity contribution >= 4 is 5.78 Å². The normalized spacial score (nSPS) is 10.5. The minimum Gasteiger partial charge on any atom is -0.491 e. The van der Waals surface area contributed by atoms with E-state index in [4.69, 9.17) is 4.74 Å². The van der Waals surface area contributed by atoms with Crippen LogP contribution >= 0.6 is 0 Å². The molecule has 0 aromatic heterocycles. The maximum Gasteiger partial charge on any atom is 0.137 e. The molecule has 0 radical (unpaired) electrons. The van der Waals surface area contributed by atoms with Crippen molar-refractivity contribution in [3.63, 3.8) is 0 Å². The second-order valence-corrected chi connectivity index (χ2v) is 4.28. The second-order valence-electron chi connectivity index (χ2n) is 4.28. The lowest BCUT2D eigenvalue weighted by atomic mass is 10.1. The van der Waals surface area contributed by atoms with Crippen LogP contribution in [0.1, 0.15) is 39.2 Å². The summed E-state index contributed by atoms with van der Waals surface area (Å²) in [6, 6.07) is 7.78. The highest BCUT2D eigenvalue weighted by Crippen LogP contribution is 2.14. The van der Waals surface area contributed by atoms with E-state index in [9.17, 15) is 4.79 Å². The van der Waals surface area contributed by atoms with Gasteiger partial charge in [-0.1, -0.05) is 19.1 Å². The molecular weight excluding hydrogens is 200 g/mol. The topological polar surface area (TPSA) is 26.3 Å². The van der Waals surface area contributed by atoms with E-state index < -0.39 is 0 Å². The average Bonchev–Trinajstić information content (AvgIpc) is 2.20. The number of ketones is 1. The van der Waals surface area contributed by atoms with Gasteiger partial charge in [0.1, 0.15) is 11.5 Å². The standard InChI is InChI=1S/C14H20O2/c1-4-5-13(15)10-12-6-8-14(9-7-12)16-11(2)3/h6-9,11H,4-5,10H2,1-3H3. The molecule has 1 rings (SSSR count). The zero-order chi connectivity index (χ0) is 12.0. The molecule has 0 atom stereocenters. The van der Waals surface area contributed by atoms with E-state index in [1.807, 2.05) is 45.0 Å². The van der Waals surface area contributed by atoms with E-state index >= 15 is 0 Å². The van der Waals surface area contributed by atoms with Crippen molar-refractivity contribution < 1.29 is 9.53 Å². The summed E-state index contributed by atoms with van der Waals surface area (Å²) in [6.45, 7) is 6.02. The number of Topliss-reactive ketones (excluding diaryl/α,β-unsaturated/α-hetero) is 1. The van der Waals surface area contributed by atoms with Crippen LogP contribution in [0.25, 0.3) is 0 Å². The van der Waals surface area contributed by atoms with Crippen molar-refractivity contribution in [2.45, 2.75) is 46.1 Å². The van der Waals surface area contributed by atoms with Crippen LogP contribution < -0.4 is 4.74 Å². The van der Waals surface area contributed by atoms with Crippen molar-refractivity contribution in [3.8, 4) is 5.75 Å². The van der Waals surface area contributed by atoms with Crippen LogP contribution in [0.15, 0.2) is 24.3 Å². The summed E-state index contributed by atoms with van der Waals surface area (Å²) in [4.78, 5) is 11.4. The molecule has 0 N–H and O–H groups in total. The molecule has 0 unspecified atom stereocenters. The molecule has 2 heteroatoms. The van der Waals surface area contributed by atoms with E-state index in [0.717, 1.165) is 17.7 Å². The lowest BCUT2D eigenvalue weighted by Crippen LogP contribution is -2.06. The third-order valence-electron chi connectivity index (χ3n) is 2.23. The summed E-state index contributed by atoms with van der Waals surface area (Å²) in [5, 5.41) is 0. The van der Waals surface area contributed by atoms with Crippen LogP contribution in [0, 0.1) is 0 Å². The lowest BCUT2D eigenvalue weighted by Gasteiger charge is -2.09. The van der Waals surface area contributed by atoms with Gasteiger partial charge in [0.05, 0.1) is 6.10 Å². The van der Waals surface area contributed by atoms with Gasteiger partial charge in [0.2, 0.25) is 0 Å². The maximum absolute atomic E-state index is 11.4. The number of hydrogen-bond acceptors (Lipinski definition) is 2. The van der Waals surface area contributed by atoms with Gasteiger partial charge in [-0.15, -0.1) is 0 Å². The molecule has 0 saturated carbocycles. The molecule has 0 spiro atoms. The van der Waals surface area contributed by atoms with Crippen molar-refractivity contribution in [2.24, 2.45) is 0 Å². The van der Waals surface area contributed by atoms with E-state index in [1.54, 1.807) is 0 Å². The third kappa shape index (κ3) is 4.47. The van der Waals surface area contributed by atoms with Gasteiger partial charge in [0.15, 0.2) is 0 Å². The Labute approximate surface area is 97.6 Å². The smallest absolute Gasteiger partial charge is 0.137 e. The van der Waals surface area contributed by atoms with E-state index in [-0.39, 0.29) is 6.10 Å². The average molecular weight is 220 g/mol. The molecule has 88 valence electrons. The van der Waals surface area contributed by atoms with Gasteiger partial charge in [-0.3, -0.25) is 4.79 Å². The van der Waals surface area contributed by atoms with Gasteiger partial charge >= 0.3 is 0 Å². The highest BCUT2D eigenvalue weighted by molar-refractivity contribution is 5.80. The van der Waals surface area contributed by atoms with Gasteiger partial charge in [0.25, 0.3) is 0 Å². The number of rotatable bonds is 6. The SMILES string of the molecule is CCCC(=O)Cc1ccc(OC(C)C)cc1. The molecule has 0 amide bonds. The second kappa shape index (κ2) is 6.31. The Balaban J connectivity index is 2.54. The number of benzene rings is 1. The highest BCUT2D eigenvalue weighted by Gasteiger charge is 2.03. The van der Waals surface area contributed by atoms with Crippen LogP contribution in [0.2, 0.25) is 0 Å². The summed E-state index contributed by atoms with van der Waals surface area (Å²) in [7, 11) is 0. The highest BCUT2D eigenvalue weighted by atomic mass is 16.5. The van der Waals surface area contributed by atoms with Gasteiger partial charge in [-0.05, 0) is 38.0 Å². The number of ether oxygens (including phenoxy) is 1. The summed E-state index contributed by atoms with van der Waals surface area (Å²) >= 11 is 0. The Kier molecular flexibility index (Phi) is 5.03. The van der Waals surface area contributed by atoms with Crippen LogP contribution in [0.3, 0.4) is 0 Å². The largest absolute Gasteiger partial charge is 0.491 e. The Hall–Kier alpha value is -1.31. The fourth-order valence-electron chi connectivity index (χ4n) is 1.55. The Morgan fingerprint density at radius 3 is 2.38 bits per heavy atom. The van der Waals surface area contributed by atoms with Crippen LogP contribution in [-0.4, -0.2) is 11.9 Å². The number of hydrogen-bond donors (Lipinski definition) is 0. The number of carbonyl (C=O) groups is 1. The first-order valence-electron chi connectivity index (χ1n) is 5.89. The Morgan fingerprint density at radius 1 is 1.25 bits per heavy atom. The molecule has 0 aliphatic rings. The Morgan fingerprint density at radius 2 is 1.88 bits per heavy atom. The first-order chi connectivity index (χ1) is 7.61. The minimum absolute atomic E-state index is 0.188. The molecule has 0 aliphatic carbocycles. The Bertz CT molecular complexity index is 325. The van der Waals surface area contributed by atoms with Crippen LogP contribution in [-0.2, 0) is 11.2 Å². The summed E-state index contributed by atoms with van der Waals surface area (Å²) in [6.07, 6.45) is 2.32. The molecule has 2 nitrogen and oxygen atoms in total. The zero-order valence-corrected chi connectivity index (χ0v) is 10.3. The first kappa shape index (κ1) is 12.8. The van der Waals surface area contributed by atoms with Crippen molar-refractivity contribution in [3.05, 3.63) is 29.8 Å². The number of carbonyl (C=O) groups excluding carboxylic acids is 1. The zero-order valence-electron chi connectivity index (χ0n) is 10.3. The molecule has 0 heterocycles. The van der Waals surface area contributed by atoms with E-state index in [2.05, 4.69) is 0 Å². The third-order valence-corrected chi connectivity index (χ3v) is 2.23. The van der Waals surface area contributed by atoms with Gasteiger partial charge < -0.3 is 4.74 Å². The maximum atomic E-state index is 11.4. The van der Waals surface area contributed by atoms with Crippen molar-refractivity contribution in [2.75, 3.05) is 0 Å². The van der Waals surface area contributed by atoms with Gasteiger partial charge in [-0.2, -0.15) is 0 Å². The van der Waals surface area contributed by atoms with Crippen LogP contribution in [0.4, 0.5) is 0 Å². The fourth-order valence-corrected chi connectivity index (χ4v) is 1.55. The minimum atomic E-state index is 0.188. The lowest BCUT2D eigenvalue weighted by molar-refractivity contribution is -0.118. The quantitative estimate of drug-likeness (QED) is 0.734. The first-order valence-corrected chi connectivity index (χ1v) is 5.89. The molecule has 0 saturated heterocycles. The molecule has 16 heavy (non-hydrogen) atoms. The van der Waals surface area contributed by atoms with Gasteiger partial charge in [-0.25, -0.2) is 0 Å². The predicted molar refractivity (Wildman–Crippen MR) is 65.8 cm³/mol. The van der Waals surface area contributed by atoms with Crippen molar-refractivity contribution in [1.29, 1.82) is 0 Å². The molecular formula is C14H20O2. The predicted octanol–water partition coefficient (Wildman–Crippen LogP) is 3.39. The summed E-state index contributed by atoms with van der Waals surface area (Å²) in [5.74, 6) is 1.17. The molecule has 1 aromatic carbocycles. The molecule has 0 fully saturated rings. The monoisotopic (exact) mass is 220 g/mol. The fraction of sp³-hybridized carbons (Fsp3) is 0.500. The van der Waals surface area contributed by atoms with Gasteiger partial charge in [0, 0.05) is 12.8 Å². The molecule has 0 bridgehead atoms. The molecule has 0 aliphatic heterocycles. The van der Waals surface area contributed by atoms with Crippen LogP contribution in [0.5, 0.6) is 5.75 Å². The van der Waals surface area contributed by atoms with Crippen molar-refractivity contribution in [1.82, 2.24) is 0 Å². The summed E-state index contributed by atoms with van der Waals surface area (Å²) < 4.78 is 5.54. The van der Waals surface area contributed by atoms with E-state index in [0.29, 0.717) is 18.6 Å². The summed E-state index contributed by atoms with van der Waals surface area (Å²) in [5.41, 5.74) is 1.06. The van der Waals surface area contributed by atoms with E-state index in [1.165, 1.54) is 0 Å².